The Morgan fingerprint density at radius 1 is 1.29 bits per heavy atom. The van der Waals surface area contributed by atoms with Gasteiger partial charge in [-0.3, -0.25) is 4.79 Å². The highest BCUT2D eigenvalue weighted by atomic mass is 35.5. The van der Waals surface area contributed by atoms with Crippen molar-refractivity contribution in [3.05, 3.63) is 68.4 Å². The van der Waals surface area contributed by atoms with Gasteiger partial charge in [0.15, 0.2) is 0 Å². The van der Waals surface area contributed by atoms with Crippen molar-refractivity contribution in [2.75, 3.05) is 11.4 Å². The molecule has 1 aliphatic carbocycles. The summed E-state index contributed by atoms with van der Waals surface area (Å²) in [5.41, 5.74) is 0.771. The maximum Gasteiger partial charge on any atom is 0.423 e. The fraction of sp³-hybridized carbons (Fsp3) is 0.348. The van der Waals surface area contributed by atoms with Crippen molar-refractivity contribution < 1.29 is 32.0 Å². The minimum Gasteiger partial charge on any atom is -0.376 e. The Morgan fingerprint density at radius 3 is 2.74 bits per heavy atom. The average molecular weight is 499 g/mol. The standard InChI is InChI=1S/C23H19ClF4N2O4/c1-11-17-9-15(5-6-16(17)22(33)34-29-11)30(21(32)20(31)23(26,27)28)10-13-4-2-3-12-7-14(25)8-18(24)19(12)13/h5-9,13,20,31H,2-4,10H2,1H3/t13?,20-/m1/s1. The summed E-state index contributed by atoms with van der Waals surface area (Å²) >= 11 is 6.28. The zero-order chi connectivity index (χ0) is 24.8. The Bertz CT molecular complexity index is 1320. The topological polar surface area (TPSA) is 83.6 Å². The fourth-order valence-electron chi connectivity index (χ4n) is 4.38. The maximum absolute atomic E-state index is 13.8. The number of hydrogen-bond acceptors (Lipinski definition) is 5. The number of rotatable bonds is 4. The number of alkyl halides is 3. The number of benzene rings is 2. The lowest BCUT2D eigenvalue weighted by molar-refractivity contribution is -0.203. The van der Waals surface area contributed by atoms with E-state index in [9.17, 15) is 32.3 Å². The minimum absolute atomic E-state index is 0.0293. The zero-order valence-corrected chi connectivity index (χ0v) is 18.6. The third kappa shape index (κ3) is 4.52. The summed E-state index contributed by atoms with van der Waals surface area (Å²) in [5.74, 6) is -2.61. The van der Waals surface area contributed by atoms with E-state index in [2.05, 4.69) is 9.68 Å². The molecule has 4 rings (SSSR count). The van der Waals surface area contributed by atoms with E-state index < -0.39 is 35.5 Å². The molecule has 1 heterocycles. The Kier molecular flexibility index (Phi) is 6.39. The smallest absolute Gasteiger partial charge is 0.376 e. The van der Waals surface area contributed by atoms with Crippen LogP contribution >= 0.6 is 11.6 Å². The molecule has 0 saturated carbocycles. The number of halogens is 5. The van der Waals surface area contributed by atoms with Gasteiger partial charge in [0.25, 0.3) is 5.91 Å². The molecule has 0 fully saturated rings. The van der Waals surface area contributed by atoms with Gasteiger partial charge >= 0.3 is 11.8 Å². The molecule has 2 aromatic carbocycles. The third-order valence-corrected chi connectivity index (χ3v) is 6.30. The summed E-state index contributed by atoms with van der Waals surface area (Å²) in [5, 5.41) is 13.9. The van der Waals surface area contributed by atoms with E-state index in [0.717, 1.165) is 11.0 Å². The first-order valence-corrected chi connectivity index (χ1v) is 10.8. The molecule has 1 N–H and O–H groups in total. The van der Waals surface area contributed by atoms with Crippen molar-refractivity contribution in [2.24, 2.45) is 0 Å². The van der Waals surface area contributed by atoms with Crippen LogP contribution in [-0.4, -0.2) is 35.0 Å². The highest BCUT2D eigenvalue weighted by molar-refractivity contribution is 6.31. The van der Waals surface area contributed by atoms with Gasteiger partial charge < -0.3 is 14.5 Å². The van der Waals surface area contributed by atoms with Crippen LogP contribution in [-0.2, 0) is 11.2 Å². The molecule has 0 aliphatic heterocycles. The molecule has 1 aliphatic rings. The van der Waals surface area contributed by atoms with Gasteiger partial charge in [0.2, 0.25) is 6.10 Å². The predicted molar refractivity (Wildman–Crippen MR) is 117 cm³/mol. The molecular formula is C23H19ClF4N2O4. The molecule has 0 saturated heterocycles. The lowest BCUT2D eigenvalue weighted by atomic mass is 9.82. The van der Waals surface area contributed by atoms with Gasteiger partial charge in [0, 0.05) is 28.6 Å². The molecule has 0 spiro atoms. The van der Waals surface area contributed by atoms with Crippen molar-refractivity contribution in [1.82, 2.24) is 5.16 Å². The first-order valence-electron chi connectivity index (χ1n) is 10.4. The zero-order valence-electron chi connectivity index (χ0n) is 17.8. The molecule has 180 valence electrons. The molecule has 34 heavy (non-hydrogen) atoms. The molecule has 1 aromatic heterocycles. The number of aliphatic hydroxyl groups is 1. The van der Waals surface area contributed by atoms with E-state index in [1.807, 2.05) is 0 Å². The lowest BCUT2D eigenvalue weighted by Gasteiger charge is -2.33. The number of nitrogens with zero attached hydrogens (tertiary/aromatic N) is 2. The third-order valence-electron chi connectivity index (χ3n) is 5.99. The molecule has 0 radical (unpaired) electrons. The van der Waals surface area contributed by atoms with E-state index in [4.69, 9.17) is 11.6 Å². The van der Waals surface area contributed by atoms with Crippen LogP contribution in [0.1, 0.15) is 35.6 Å². The van der Waals surface area contributed by atoms with Gasteiger partial charge in [0.05, 0.1) is 11.1 Å². The second kappa shape index (κ2) is 8.99. The molecule has 2 atom stereocenters. The average Bonchev–Trinajstić information content (AvgIpc) is 2.77. The van der Waals surface area contributed by atoms with Crippen LogP contribution in [0.4, 0.5) is 23.2 Å². The summed E-state index contributed by atoms with van der Waals surface area (Å²) in [6.07, 6.45) is -6.80. The first-order chi connectivity index (χ1) is 16.0. The summed E-state index contributed by atoms with van der Waals surface area (Å²) in [6.45, 7) is 1.29. The molecular weight excluding hydrogens is 480 g/mol. The Balaban J connectivity index is 1.81. The second-order valence-corrected chi connectivity index (χ2v) is 8.64. The fourth-order valence-corrected chi connectivity index (χ4v) is 4.76. The summed E-state index contributed by atoms with van der Waals surface area (Å²) in [7, 11) is 0. The SMILES string of the molecule is Cc1noc(=O)c2ccc(N(CC3CCCc4cc(F)cc(Cl)c43)C(=O)[C@@H](O)C(F)(F)F)cc12. The lowest BCUT2D eigenvalue weighted by Crippen LogP contribution is -2.48. The molecule has 1 unspecified atom stereocenters. The second-order valence-electron chi connectivity index (χ2n) is 8.23. The highest BCUT2D eigenvalue weighted by Crippen LogP contribution is 2.39. The van der Waals surface area contributed by atoms with Crippen molar-refractivity contribution in [3.8, 4) is 0 Å². The first kappa shape index (κ1) is 24.2. The van der Waals surface area contributed by atoms with Gasteiger partial charge in [-0.25, -0.2) is 9.18 Å². The number of carbonyl (C=O) groups excluding carboxylic acids is 1. The Hall–Kier alpha value is -2.98. The van der Waals surface area contributed by atoms with Gasteiger partial charge in [-0.05, 0) is 67.6 Å². The van der Waals surface area contributed by atoms with Gasteiger partial charge in [-0.1, -0.05) is 16.8 Å². The number of amides is 1. The van der Waals surface area contributed by atoms with Crippen LogP contribution in [0.15, 0.2) is 39.6 Å². The number of hydrogen-bond donors (Lipinski definition) is 1. The van der Waals surface area contributed by atoms with Crippen molar-refractivity contribution in [1.29, 1.82) is 0 Å². The summed E-state index contributed by atoms with van der Waals surface area (Å²) in [6, 6.07) is 6.43. The van der Waals surface area contributed by atoms with Crippen molar-refractivity contribution >= 4 is 34.0 Å². The Labute approximate surface area is 195 Å². The van der Waals surface area contributed by atoms with Crippen LogP contribution in [0.2, 0.25) is 5.02 Å². The summed E-state index contributed by atoms with van der Waals surface area (Å²) < 4.78 is 58.3. The molecule has 11 heteroatoms. The number of carbonyl (C=O) groups is 1. The Morgan fingerprint density at radius 2 is 2.03 bits per heavy atom. The molecule has 3 aromatic rings. The monoisotopic (exact) mass is 498 g/mol. The number of aromatic nitrogens is 1. The van der Waals surface area contributed by atoms with E-state index in [0.29, 0.717) is 36.1 Å². The number of aliphatic hydroxyl groups excluding tert-OH is 1. The van der Waals surface area contributed by atoms with Crippen LogP contribution in [0, 0.1) is 12.7 Å². The van der Waals surface area contributed by atoms with Gasteiger partial charge in [-0.15, -0.1) is 0 Å². The maximum atomic E-state index is 13.8. The molecule has 6 nitrogen and oxygen atoms in total. The number of aryl methyl sites for hydroxylation is 2. The van der Waals surface area contributed by atoms with Crippen LogP contribution in [0.3, 0.4) is 0 Å². The van der Waals surface area contributed by atoms with Crippen LogP contribution in [0.25, 0.3) is 10.8 Å². The van der Waals surface area contributed by atoms with Crippen molar-refractivity contribution in [3.63, 3.8) is 0 Å². The van der Waals surface area contributed by atoms with E-state index >= 15 is 0 Å². The number of anilines is 1. The molecule has 1 amide bonds. The quantitative estimate of drug-likeness (QED) is 0.529. The summed E-state index contributed by atoms with van der Waals surface area (Å²) in [4.78, 5) is 25.7. The predicted octanol–water partition coefficient (Wildman–Crippen LogP) is 4.67. The number of fused-ring (bicyclic) bond motifs is 2. The van der Waals surface area contributed by atoms with Gasteiger partial charge in [-0.2, -0.15) is 13.2 Å². The van der Waals surface area contributed by atoms with Crippen molar-refractivity contribution in [2.45, 2.75) is 44.4 Å². The van der Waals surface area contributed by atoms with E-state index in [1.54, 1.807) is 0 Å². The molecule has 0 bridgehead atoms. The van der Waals surface area contributed by atoms with Crippen LogP contribution < -0.4 is 10.5 Å². The van der Waals surface area contributed by atoms with E-state index in [1.165, 1.54) is 31.2 Å². The van der Waals surface area contributed by atoms with E-state index in [-0.39, 0.29) is 28.0 Å². The largest absolute Gasteiger partial charge is 0.423 e. The normalized spacial score (nSPS) is 16.9. The van der Waals surface area contributed by atoms with Gasteiger partial charge in [0.1, 0.15) is 5.82 Å². The van der Waals surface area contributed by atoms with Crippen LogP contribution in [0.5, 0.6) is 0 Å². The minimum atomic E-state index is -5.18. The highest BCUT2D eigenvalue weighted by Gasteiger charge is 2.46.